The quantitative estimate of drug-likeness (QED) is 0.745. The van der Waals surface area contributed by atoms with E-state index >= 15 is 0 Å². The smallest absolute Gasteiger partial charge is 0.00702 e. The monoisotopic (exact) mass is 208 g/mol. The van der Waals surface area contributed by atoms with E-state index in [-0.39, 0.29) is 0 Å². The predicted molar refractivity (Wildman–Crippen MR) is 62.9 cm³/mol. The number of nitrogens with one attached hydrogen (secondary N) is 1. The van der Waals surface area contributed by atoms with Crippen molar-refractivity contribution in [3.8, 4) is 0 Å². The molecule has 0 aliphatic carbocycles. The maximum Gasteiger partial charge on any atom is 0.00702 e. The van der Waals surface area contributed by atoms with Gasteiger partial charge in [0.15, 0.2) is 0 Å². The first kappa shape index (κ1) is 10.1. The van der Waals surface area contributed by atoms with Crippen LogP contribution in [-0.2, 0) is 0 Å². The van der Waals surface area contributed by atoms with Crippen LogP contribution in [0.3, 0.4) is 0 Å². The number of hydrogen-bond acceptors (Lipinski definition) is 2. The van der Waals surface area contributed by atoms with Crippen molar-refractivity contribution in [1.29, 1.82) is 0 Å². The van der Waals surface area contributed by atoms with Crippen LogP contribution in [0.15, 0.2) is 0 Å². The van der Waals surface area contributed by atoms with Crippen LogP contribution < -0.4 is 5.32 Å². The minimum Gasteiger partial charge on any atom is -0.314 e. The minimum absolute atomic E-state index is 0.851. The molecular formula is C13H24N2. The molecule has 4 aliphatic rings. The molecule has 0 aromatic rings. The molecule has 1 N–H and O–H groups in total. The average Bonchev–Trinajstić information content (AvgIpc) is 2.32. The molecule has 2 bridgehead atoms. The van der Waals surface area contributed by atoms with Crippen LogP contribution in [0.5, 0.6) is 0 Å². The van der Waals surface area contributed by atoms with Gasteiger partial charge in [-0.3, -0.25) is 0 Å². The first-order valence-electron chi connectivity index (χ1n) is 6.87. The number of piperidine rings is 4. The van der Waals surface area contributed by atoms with Crippen molar-refractivity contribution in [3.05, 3.63) is 0 Å². The highest BCUT2D eigenvalue weighted by Crippen LogP contribution is 2.35. The summed E-state index contributed by atoms with van der Waals surface area (Å²) in [6.07, 6.45) is 8.72. The molecule has 0 radical (unpaired) electrons. The SMILES string of the molecule is C1CC[C@@H](C[C@H]2CN3CCC2CC3)NC1. The van der Waals surface area contributed by atoms with Gasteiger partial charge in [-0.1, -0.05) is 6.42 Å². The molecule has 0 unspecified atom stereocenters. The number of fused-ring (bicyclic) bond motifs is 3. The van der Waals surface area contributed by atoms with E-state index in [4.69, 9.17) is 0 Å². The van der Waals surface area contributed by atoms with Crippen molar-refractivity contribution in [1.82, 2.24) is 10.2 Å². The van der Waals surface area contributed by atoms with Crippen LogP contribution in [0.4, 0.5) is 0 Å². The lowest BCUT2D eigenvalue weighted by Crippen LogP contribution is -2.49. The average molecular weight is 208 g/mol. The largest absolute Gasteiger partial charge is 0.314 e. The lowest BCUT2D eigenvalue weighted by Gasteiger charge is -2.46. The molecule has 4 heterocycles. The van der Waals surface area contributed by atoms with E-state index in [1.807, 2.05) is 0 Å². The van der Waals surface area contributed by atoms with Crippen LogP contribution in [0.25, 0.3) is 0 Å². The van der Waals surface area contributed by atoms with E-state index in [0.717, 1.165) is 17.9 Å². The molecule has 2 atom stereocenters. The van der Waals surface area contributed by atoms with E-state index in [9.17, 15) is 0 Å². The van der Waals surface area contributed by atoms with Gasteiger partial charge >= 0.3 is 0 Å². The van der Waals surface area contributed by atoms with Crippen molar-refractivity contribution >= 4 is 0 Å². The van der Waals surface area contributed by atoms with Gasteiger partial charge in [0.1, 0.15) is 0 Å². The Kier molecular flexibility index (Phi) is 2.98. The first-order valence-corrected chi connectivity index (χ1v) is 6.87. The van der Waals surface area contributed by atoms with Gasteiger partial charge in [0.2, 0.25) is 0 Å². The first-order chi connectivity index (χ1) is 7.42. The van der Waals surface area contributed by atoms with Crippen LogP contribution in [0.1, 0.15) is 38.5 Å². The van der Waals surface area contributed by atoms with Crippen LogP contribution in [0.2, 0.25) is 0 Å². The van der Waals surface area contributed by atoms with Crippen molar-refractivity contribution in [2.24, 2.45) is 11.8 Å². The normalized spacial score (nSPS) is 45.6. The molecular weight excluding hydrogens is 184 g/mol. The maximum absolute atomic E-state index is 3.71. The van der Waals surface area contributed by atoms with Gasteiger partial charge in [-0.05, 0) is 63.6 Å². The summed E-state index contributed by atoms with van der Waals surface area (Å²) in [6, 6.07) is 0.851. The van der Waals surface area contributed by atoms with Crippen molar-refractivity contribution in [3.63, 3.8) is 0 Å². The Bertz CT molecular complexity index is 203. The minimum atomic E-state index is 0.851. The fourth-order valence-electron chi connectivity index (χ4n) is 3.85. The molecule has 0 amide bonds. The number of rotatable bonds is 2. The lowest BCUT2D eigenvalue weighted by atomic mass is 9.75. The Morgan fingerprint density at radius 2 is 1.93 bits per heavy atom. The van der Waals surface area contributed by atoms with E-state index in [1.54, 1.807) is 0 Å². The Morgan fingerprint density at radius 3 is 2.53 bits per heavy atom. The van der Waals surface area contributed by atoms with Gasteiger partial charge in [-0.25, -0.2) is 0 Å². The summed E-state index contributed by atoms with van der Waals surface area (Å²) in [4.78, 5) is 2.69. The maximum atomic E-state index is 3.71. The summed E-state index contributed by atoms with van der Waals surface area (Å²) < 4.78 is 0. The number of hydrogen-bond donors (Lipinski definition) is 1. The van der Waals surface area contributed by atoms with Crippen molar-refractivity contribution in [2.45, 2.75) is 44.6 Å². The summed E-state index contributed by atoms with van der Waals surface area (Å²) in [5, 5.41) is 3.71. The molecule has 0 saturated carbocycles. The highest BCUT2D eigenvalue weighted by atomic mass is 15.1. The Balaban J connectivity index is 1.54. The summed E-state index contributed by atoms with van der Waals surface area (Å²) >= 11 is 0. The molecule has 2 nitrogen and oxygen atoms in total. The van der Waals surface area contributed by atoms with E-state index in [2.05, 4.69) is 10.2 Å². The fraction of sp³-hybridized carbons (Fsp3) is 1.00. The van der Waals surface area contributed by atoms with Gasteiger partial charge in [-0.2, -0.15) is 0 Å². The summed E-state index contributed by atoms with van der Waals surface area (Å²) in [6.45, 7) is 5.45. The molecule has 0 aromatic carbocycles. The highest BCUT2D eigenvalue weighted by molar-refractivity contribution is 4.89. The second kappa shape index (κ2) is 4.42. The Morgan fingerprint density at radius 1 is 1.07 bits per heavy atom. The molecule has 4 saturated heterocycles. The van der Waals surface area contributed by atoms with Gasteiger partial charge in [-0.15, -0.1) is 0 Å². The second-order valence-corrected chi connectivity index (χ2v) is 5.78. The third-order valence-corrected chi connectivity index (χ3v) is 4.79. The van der Waals surface area contributed by atoms with E-state index in [1.165, 1.54) is 64.7 Å². The Hall–Kier alpha value is -0.0800. The van der Waals surface area contributed by atoms with Gasteiger partial charge in [0.05, 0.1) is 0 Å². The molecule has 0 spiro atoms. The van der Waals surface area contributed by atoms with Crippen molar-refractivity contribution < 1.29 is 0 Å². The molecule has 4 aliphatic heterocycles. The molecule has 4 fully saturated rings. The molecule has 2 heteroatoms. The summed E-state index contributed by atoms with van der Waals surface area (Å²) in [5.41, 5.74) is 0. The standard InChI is InChI=1S/C13H24N2/c1-2-6-14-13(3-1)9-12-10-15-7-4-11(12)5-8-15/h11-14H,1-10H2/t12-,13-/m0/s1. The van der Waals surface area contributed by atoms with Crippen LogP contribution in [-0.4, -0.2) is 37.1 Å². The van der Waals surface area contributed by atoms with E-state index in [0.29, 0.717) is 0 Å². The topological polar surface area (TPSA) is 15.3 Å². The zero-order chi connectivity index (χ0) is 10.1. The highest BCUT2D eigenvalue weighted by Gasteiger charge is 2.35. The van der Waals surface area contributed by atoms with Gasteiger partial charge in [0, 0.05) is 12.6 Å². The third-order valence-electron chi connectivity index (χ3n) is 4.79. The predicted octanol–water partition coefficient (Wildman–Crippen LogP) is 1.86. The third kappa shape index (κ3) is 2.21. The molecule has 0 aromatic heterocycles. The second-order valence-electron chi connectivity index (χ2n) is 5.78. The zero-order valence-electron chi connectivity index (χ0n) is 9.75. The fourth-order valence-corrected chi connectivity index (χ4v) is 3.85. The van der Waals surface area contributed by atoms with Crippen LogP contribution in [0, 0.1) is 11.8 Å². The molecule has 4 rings (SSSR count). The van der Waals surface area contributed by atoms with Crippen LogP contribution >= 0.6 is 0 Å². The van der Waals surface area contributed by atoms with Gasteiger partial charge in [0.25, 0.3) is 0 Å². The van der Waals surface area contributed by atoms with Gasteiger partial charge < -0.3 is 10.2 Å². The van der Waals surface area contributed by atoms with Crippen molar-refractivity contribution in [2.75, 3.05) is 26.2 Å². The van der Waals surface area contributed by atoms with E-state index < -0.39 is 0 Å². The Labute approximate surface area is 93.4 Å². The molecule has 15 heavy (non-hydrogen) atoms. The zero-order valence-corrected chi connectivity index (χ0v) is 9.75. The summed E-state index contributed by atoms with van der Waals surface area (Å²) in [7, 11) is 0. The molecule has 86 valence electrons. The summed E-state index contributed by atoms with van der Waals surface area (Å²) in [5.74, 6) is 2.09. The lowest BCUT2D eigenvalue weighted by molar-refractivity contribution is 0.0397. The number of nitrogens with zero attached hydrogens (tertiary/aromatic N) is 1.